The van der Waals surface area contributed by atoms with Crippen LogP contribution in [0.3, 0.4) is 0 Å². The van der Waals surface area contributed by atoms with Crippen LogP contribution in [0, 0.1) is 0 Å². The summed E-state index contributed by atoms with van der Waals surface area (Å²) in [5.74, 6) is 0.192. The maximum atomic E-state index is 11.8. The van der Waals surface area contributed by atoms with Crippen LogP contribution in [0.25, 0.3) is 0 Å². The Morgan fingerprint density at radius 3 is 2.50 bits per heavy atom. The van der Waals surface area contributed by atoms with E-state index in [1.54, 1.807) is 0 Å². The Balaban J connectivity index is 0.00000242. The summed E-state index contributed by atoms with van der Waals surface area (Å²) in [5.41, 5.74) is 5.45. The van der Waals surface area contributed by atoms with Gasteiger partial charge in [-0.2, -0.15) is 0 Å². The van der Waals surface area contributed by atoms with Gasteiger partial charge in [0, 0.05) is 64.8 Å². The van der Waals surface area contributed by atoms with Crippen LogP contribution in [0.2, 0.25) is 0 Å². The molecule has 0 aromatic carbocycles. The van der Waals surface area contributed by atoms with Crippen LogP contribution in [0.15, 0.2) is 0 Å². The quantitative estimate of drug-likeness (QED) is 0.767. The van der Waals surface area contributed by atoms with Crippen molar-refractivity contribution in [3.8, 4) is 0 Å². The zero-order valence-electron chi connectivity index (χ0n) is 13.9. The molecule has 1 atom stereocenters. The molecule has 130 valence electrons. The van der Waals surface area contributed by atoms with Crippen molar-refractivity contribution in [3.63, 3.8) is 0 Å². The molecule has 2 heterocycles. The SMILES string of the molecule is CC(C)N1CCOC(CN2CCN(C(=O)CCN)CC2)C1.Cl. The number of carbonyl (C=O) groups is 1. The summed E-state index contributed by atoms with van der Waals surface area (Å²) in [4.78, 5) is 18.6. The van der Waals surface area contributed by atoms with Crippen LogP contribution in [-0.4, -0.2) is 91.7 Å². The molecule has 2 rings (SSSR count). The number of hydrogen-bond donors (Lipinski definition) is 1. The van der Waals surface area contributed by atoms with Crippen LogP contribution in [-0.2, 0) is 9.53 Å². The lowest BCUT2D eigenvalue weighted by atomic mass is 10.2. The van der Waals surface area contributed by atoms with Gasteiger partial charge in [-0.25, -0.2) is 0 Å². The lowest BCUT2D eigenvalue weighted by Crippen LogP contribution is -2.54. The number of hydrogen-bond acceptors (Lipinski definition) is 5. The first-order chi connectivity index (χ1) is 10.1. The van der Waals surface area contributed by atoms with Gasteiger partial charge >= 0.3 is 0 Å². The van der Waals surface area contributed by atoms with E-state index >= 15 is 0 Å². The maximum Gasteiger partial charge on any atom is 0.223 e. The van der Waals surface area contributed by atoms with Gasteiger partial charge in [0.1, 0.15) is 0 Å². The molecule has 0 aliphatic carbocycles. The average molecular weight is 335 g/mol. The van der Waals surface area contributed by atoms with Gasteiger partial charge in [0.15, 0.2) is 0 Å². The third-order valence-electron chi connectivity index (χ3n) is 4.45. The molecule has 6 nitrogen and oxygen atoms in total. The Morgan fingerprint density at radius 2 is 1.91 bits per heavy atom. The van der Waals surface area contributed by atoms with E-state index in [-0.39, 0.29) is 18.3 Å². The van der Waals surface area contributed by atoms with Crippen molar-refractivity contribution in [2.45, 2.75) is 32.4 Å². The molecule has 0 bridgehead atoms. The Hall–Kier alpha value is -0.400. The predicted octanol–water partition coefficient (Wildman–Crippen LogP) is 0.0104. The van der Waals surface area contributed by atoms with Gasteiger partial charge in [-0.3, -0.25) is 14.6 Å². The van der Waals surface area contributed by atoms with Gasteiger partial charge in [-0.15, -0.1) is 12.4 Å². The van der Waals surface area contributed by atoms with E-state index in [1.807, 2.05) is 4.90 Å². The molecule has 2 N–H and O–H groups in total. The van der Waals surface area contributed by atoms with E-state index in [4.69, 9.17) is 10.5 Å². The molecule has 7 heteroatoms. The monoisotopic (exact) mass is 334 g/mol. The van der Waals surface area contributed by atoms with Crippen molar-refractivity contribution >= 4 is 18.3 Å². The Morgan fingerprint density at radius 1 is 1.23 bits per heavy atom. The first kappa shape index (κ1) is 19.6. The number of halogens is 1. The number of carbonyl (C=O) groups excluding carboxylic acids is 1. The highest BCUT2D eigenvalue weighted by Gasteiger charge is 2.26. The van der Waals surface area contributed by atoms with Crippen LogP contribution >= 0.6 is 12.4 Å². The van der Waals surface area contributed by atoms with E-state index in [2.05, 4.69) is 23.6 Å². The van der Waals surface area contributed by atoms with Crippen LogP contribution < -0.4 is 5.73 Å². The van der Waals surface area contributed by atoms with Gasteiger partial charge in [-0.05, 0) is 13.8 Å². The number of rotatable bonds is 5. The fourth-order valence-electron chi connectivity index (χ4n) is 3.07. The molecule has 0 saturated carbocycles. The summed E-state index contributed by atoms with van der Waals surface area (Å²) in [6, 6.07) is 0.585. The Kier molecular flexibility index (Phi) is 8.64. The normalized spacial score (nSPS) is 24.4. The van der Waals surface area contributed by atoms with E-state index in [0.717, 1.165) is 52.4 Å². The van der Waals surface area contributed by atoms with Crippen LogP contribution in [0.4, 0.5) is 0 Å². The molecule has 0 radical (unpaired) electrons. The van der Waals surface area contributed by atoms with E-state index in [1.165, 1.54) is 0 Å². The molecular formula is C15H31ClN4O2. The molecule has 1 amide bonds. The average Bonchev–Trinajstić information content (AvgIpc) is 2.48. The molecule has 0 aromatic heterocycles. The number of amides is 1. The highest BCUT2D eigenvalue weighted by molar-refractivity contribution is 5.85. The Labute approximate surface area is 140 Å². The topological polar surface area (TPSA) is 62.0 Å². The van der Waals surface area contributed by atoms with Crippen molar-refractivity contribution < 1.29 is 9.53 Å². The summed E-state index contributed by atoms with van der Waals surface area (Å²) < 4.78 is 5.89. The van der Waals surface area contributed by atoms with Crippen LogP contribution in [0.5, 0.6) is 0 Å². The first-order valence-electron chi connectivity index (χ1n) is 8.16. The minimum Gasteiger partial charge on any atom is -0.374 e. The van der Waals surface area contributed by atoms with Crippen molar-refractivity contribution in [1.29, 1.82) is 0 Å². The smallest absolute Gasteiger partial charge is 0.223 e. The zero-order valence-corrected chi connectivity index (χ0v) is 14.7. The maximum absolute atomic E-state index is 11.8. The fraction of sp³-hybridized carbons (Fsp3) is 0.933. The number of nitrogens with zero attached hydrogens (tertiary/aromatic N) is 3. The molecule has 1 unspecified atom stereocenters. The Bertz CT molecular complexity index is 336. The number of morpholine rings is 1. The third-order valence-corrected chi connectivity index (χ3v) is 4.45. The van der Waals surface area contributed by atoms with E-state index in [9.17, 15) is 4.79 Å². The van der Waals surface area contributed by atoms with Gasteiger partial charge in [-0.1, -0.05) is 0 Å². The second-order valence-electron chi connectivity index (χ2n) is 6.30. The summed E-state index contributed by atoms with van der Waals surface area (Å²) >= 11 is 0. The van der Waals surface area contributed by atoms with Gasteiger partial charge in [0.05, 0.1) is 12.7 Å². The molecule has 2 saturated heterocycles. The summed E-state index contributed by atoms with van der Waals surface area (Å²) in [5, 5.41) is 0. The first-order valence-corrected chi connectivity index (χ1v) is 8.16. The predicted molar refractivity (Wildman–Crippen MR) is 90.4 cm³/mol. The largest absolute Gasteiger partial charge is 0.374 e. The number of piperazine rings is 1. The standard InChI is InChI=1S/C15H30N4O2.ClH/c1-13(2)19-9-10-21-14(12-19)11-17-5-7-18(8-6-17)15(20)3-4-16;/h13-14H,3-12,16H2,1-2H3;1H. The fourth-order valence-corrected chi connectivity index (χ4v) is 3.07. The highest BCUT2D eigenvalue weighted by Crippen LogP contribution is 2.12. The molecule has 0 aromatic rings. The van der Waals surface area contributed by atoms with Gasteiger partial charge in [0.2, 0.25) is 5.91 Å². The molecule has 0 spiro atoms. The number of nitrogens with two attached hydrogens (primary N) is 1. The third kappa shape index (κ3) is 5.66. The van der Waals surface area contributed by atoms with E-state index in [0.29, 0.717) is 25.1 Å². The second kappa shape index (κ2) is 9.67. The van der Waals surface area contributed by atoms with Crippen molar-refractivity contribution in [1.82, 2.24) is 14.7 Å². The molecule has 2 fully saturated rings. The van der Waals surface area contributed by atoms with Crippen LogP contribution in [0.1, 0.15) is 20.3 Å². The van der Waals surface area contributed by atoms with Gasteiger partial charge in [0.25, 0.3) is 0 Å². The summed E-state index contributed by atoms with van der Waals surface area (Å²) in [6.07, 6.45) is 0.766. The molecule has 2 aliphatic heterocycles. The molecule has 2 aliphatic rings. The van der Waals surface area contributed by atoms with Crippen molar-refractivity contribution in [3.05, 3.63) is 0 Å². The molecular weight excluding hydrogens is 304 g/mol. The molecule has 22 heavy (non-hydrogen) atoms. The van der Waals surface area contributed by atoms with Gasteiger partial charge < -0.3 is 15.4 Å². The van der Waals surface area contributed by atoms with Crippen molar-refractivity contribution in [2.24, 2.45) is 5.73 Å². The second-order valence-corrected chi connectivity index (χ2v) is 6.30. The number of ether oxygens (including phenoxy) is 1. The zero-order chi connectivity index (χ0) is 15.2. The summed E-state index contributed by atoms with van der Waals surface area (Å²) in [6.45, 7) is 12.3. The minimum atomic E-state index is 0. The summed E-state index contributed by atoms with van der Waals surface area (Å²) in [7, 11) is 0. The van der Waals surface area contributed by atoms with E-state index < -0.39 is 0 Å². The highest BCUT2D eigenvalue weighted by atomic mass is 35.5. The lowest BCUT2D eigenvalue weighted by Gasteiger charge is -2.40. The van der Waals surface area contributed by atoms with Crippen molar-refractivity contribution in [2.75, 3.05) is 59.0 Å². The minimum absolute atomic E-state index is 0. The lowest BCUT2D eigenvalue weighted by molar-refractivity contribution is -0.133.